The van der Waals surface area contributed by atoms with Gasteiger partial charge >= 0.3 is 0 Å². The number of benzene rings is 1. The van der Waals surface area contributed by atoms with Gasteiger partial charge in [-0.2, -0.15) is 0 Å². The van der Waals surface area contributed by atoms with Gasteiger partial charge in [0.15, 0.2) is 5.78 Å². The zero-order valence-electron chi connectivity index (χ0n) is 15.4. The van der Waals surface area contributed by atoms with Crippen LogP contribution in [0, 0.1) is 17.2 Å². The van der Waals surface area contributed by atoms with Crippen molar-refractivity contribution in [2.75, 3.05) is 6.54 Å². The molecule has 2 N–H and O–H groups in total. The molecule has 0 aliphatic rings. The van der Waals surface area contributed by atoms with E-state index in [2.05, 4.69) is 31.4 Å². The number of halogens is 1. The van der Waals surface area contributed by atoms with E-state index in [0.29, 0.717) is 0 Å². The summed E-state index contributed by atoms with van der Waals surface area (Å²) in [4.78, 5) is 23.8. The summed E-state index contributed by atoms with van der Waals surface area (Å²) in [6, 6.07) is 5.70. The van der Waals surface area contributed by atoms with Crippen molar-refractivity contribution >= 4 is 11.7 Å². The monoisotopic (exact) mass is 336 g/mol. The first kappa shape index (κ1) is 20.3. The van der Waals surface area contributed by atoms with Gasteiger partial charge in [-0.1, -0.05) is 46.8 Å². The maximum atomic E-state index is 13.1. The smallest absolute Gasteiger partial charge is 0.234 e. The Morgan fingerprint density at radius 1 is 1.12 bits per heavy atom. The zero-order valence-corrected chi connectivity index (χ0v) is 15.4. The Hall–Kier alpha value is -1.75. The lowest BCUT2D eigenvalue weighted by molar-refractivity contribution is -0.127. The van der Waals surface area contributed by atoms with Crippen LogP contribution < -0.4 is 10.6 Å². The highest BCUT2D eigenvalue weighted by atomic mass is 19.1. The van der Waals surface area contributed by atoms with Gasteiger partial charge in [-0.15, -0.1) is 0 Å². The minimum absolute atomic E-state index is 0.0435. The second-order valence-electron chi connectivity index (χ2n) is 7.63. The van der Waals surface area contributed by atoms with Gasteiger partial charge in [0, 0.05) is 6.04 Å². The summed E-state index contributed by atoms with van der Waals surface area (Å²) in [5.74, 6) is -0.517. The van der Waals surface area contributed by atoms with Crippen molar-refractivity contribution in [2.45, 2.75) is 53.6 Å². The molecular formula is C19H29FN2O2. The van der Waals surface area contributed by atoms with E-state index in [4.69, 9.17) is 0 Å². The van der Waals surface area contributed by atoms with Crippen LogP contribution in [0.25, 0.3) is 0 Å². The third kappa shape index (κ3) is 6.04. The molecule has 1 aromatic rings. The molecule has 0 aliphatic carbocycles. The second kappa shape index (κ2) is 8.38. The van der Waals surface area contributed by atoms with Crippen LogP contribution in [0.15, 0.2) is 24.3 Å². The molecule has 0 heterocycles. The summed E-state index contributed by atoms with van der Waals surface area (Å²) in [5.41, 5.74) is 0.763. The van der Waals surface area contributed by atoms with Crippen LogP contribution in [0.5, 0.6) is 0 Å². The van der Waals surface area contributed by atoms with Crippen molar-refractivity contribution in [3.8, 4) is 0 Å². The number of hydrogen-bond acceptors (Lipinski definition) is 3. The molecule has 0 fully saturated rings. The number of Topliss-reactive ketones (excluding diaryl/α,β-unsaturated/α-hetero) is 1. The van der Waals surface area contributed by atoms with E-state index in [1.165, 1.54) is 19.1 Å². The molecule has 0 aliphatic heterocycles. The Bertz CT molecular complexity index is 562. The minimum atomic E-state index is -0.474. The predicted molar refractivity (Wildman–Crippen MR) is 94.0 cm³/mol. The fraction of sp³-hybridized carbons (Fsp3) is 0.579. The number of amides is 1. The highest BCUT2D eigenvalue weighted by molar-refractivity contribution is 5.88. The molecule has 0 aromatic heterocycles. The van der Waals surface area contributed by atoms with E-state index in [1.54, 1.807) is 12.1 Å². The molecule has 2 unspecified atom stereocenters. The maximum Gasteiger partial charge on any atom is 0.234 e. The van der Waals surface area contributed by atoms with E-state index in [0.717, 1.165) is 5.56 Å². The normalized spacial score (nSPS) is 14.3. The molecule has 1 amide bonds. The standard InChI is InChI=1S/C19H29FN2O2/c1-12(2)17(13(3)23)22-16(24)11-21-18(19(4,5)6)14-7-9-15(20)10-8-14/h7-10,12,17-18,21H,11H2,1-6H3,(H,22,24). The second-order valence-corrected chi connectivity index (χ2v) is 7.63. The Labute approximate surface area is 144 Å². The average Bonchev–Trinajstić information content (AvgIpc) is 2.44. The third-order valence-electron chi connectivity index (χ3n) is 3.96. The summed E-state index contributed by atoms with van der Waals surface area (Å²) >= 11 is 0. The summed E-state index contributed by atoms with van der Waals surface area (Å²) < 4.78 is 13.1. The summed E-state index contributed by atoms with van der Waals surface area (Å²) in [6.07, 6.45) is 0. The molecule has 5 heteroatoms. The van der Waals surface area contributed by atoms with Crippen LogP contribution >= 0.6 is 0 Å². The number of rotatable bonds is 7. The molecule has 0 spiro atoms. The zero-order chi connectivity index (χ0) is 18.5. The number of hydrogen-bond donors (Lipinski definition) is 2. The van der Waals surface area contributed by atoms with Crippen molar-refractivity contribution in [1.82, 2.24) is 10.6 Å². The molecule has 1 aromatic carbocycles. The van der Waals surface area contributed by atoms with Gasteiger partial charge < -0.3 is 10.6 Å². The van der Waals surface area contributed by atoms with Crippen molar-refractivity contribution < 1.29 is 14.0 Å². The van der Waals surface area contributed by atoms with Crippen molar-refractivity contribution in [3.05, 3.63) is 35.6 Å². The highest BCUT2D eigenvalue weighted by Gasteiger charge is 2.27. The Morgan fingerprint density at radius 2 is 1.67 bits per heavy atom. The lowest BCUT2D eigenvalue weighted by atomic mass is 9.82. The minimum Gasteiger partial charge on any atom is -0.345 e. The van der Waals surface area contributed by atoms with Crippen LogP contribution in [0.4, 0.5) is 4.39 Å². The lowest BCUT2D eigenvalue weighted by Gasteiger charge is -2.32. The van der Waals surface area contributed by atoms with Gasteiger partial charge in [-0.3, -0.25) is 9.59 Å². The largest absolute Gasteiger partial charge is 0.345 e. The number of carbonyl (C=O) groups excluding carboxylic acids is 2. The number of carbonyl (C=O) groups is 2. The van der Waals surface area contributed by atoms with Gasteiger partial charge in [0.2, 0.25) is 5.91 Å². The van der Waals surface area contributed by atoms with Crippen molar-refractivity contribution in [2.24, 2.45) is 11.3 Å². The van der Waals surface area contributed by atoms with Gasteiger partial charge in [-0.25, -0.2) is 4.39 Å². The van der Waals surface area contributed by atoms with Crippen LogP contribution in [0.3, 0.4) is 0 Å². The predicted octanol–water partition coefficient (Wildman–Crippen LogP) is 3.23. The quantitative estimate of drug-likeness (QED) is 0.804. The molecule has 24 heavy (non-hydrogen) atoms. The molecule has 0 bridgehead atoms. The molecule has 0 saturated heterocycles. The van der Waals surface area contributed by atoms with Crippen molar-refractivity contribution in [3.63, 3.8) is 0 Å². The molecule has 1 rings (SSSR count). The average molecular weight is 336 g/mol. The highest BCUT2D eigenvalue weighted by Crippen LogP contribution is 2.32. The molecule has 2 atom stereocenters. The van der Waals surface area contributed by atoms with Gasteiger partial charge in [0.1, 0.15) is 5.82 Å². The SMILES string of the molecule is CC(=O)C(NC(=O)CNC(c1ccc(F)cc1)C(C)(C)C)C(C)C. The van der Waals surface area contributed by atoms with Crippen LogP contribution in [-0.2, 0) is 9.59 Å². The number of nitrogens with one attached hydrogen (secondary N) is 2. The Kier molecular flexibility index (Phi) is 7.08. The fourth-order valence-electron chi connectivity index (χ4n) is 2.74. The summed E-state index contributed by atoms with van der Waals surface area (Å²) in [7, 11) is 0. The topological polar surface area (TPSA) is 58.2 Å². The summed E-state index contributed by atoms with van der Waals surface area (Å²) in [5, 5.41) is 6.00. The van der Waals surface area contributed by atoms with Gasteiger partial charge in [0.05, 0.1) is 12.6 Å². The lowest BCUT2D eigenvalue weighted by Crippen LogP contribution is -2.47. The molecule has 0 radical (unpaired) electrons. The van der Waals surface area contributed by atoms with Crippen molar-refractivity contribution in [1.29, 1.82) is 0 Å². The molecule has 134 valence electrons. The van der Waals surface area contributed by atoms with E-state index in [9.17, 15) is 14.0 Å². The van der Waals surface area contributed by atoms with E-state index in [-0.39, 0.29) is 41.4 Å². The first-order valence-electron chi connectivity index (χ1n) is 8.31. The Balaban J connectivity index is 2.77. The van der Waals surface area contributed by atoms with E-state index >= 15 is 0 Å². The van der Waals surface area contributed by atoms with Crippen LogP contribution in [0.2, 0.25) is 0 Å². The maximum absolute atomic E-state index is 13.1. The van der Waals surface area contributed by atoms with Crippen LogP contribution in [0.1, 0.15) is 53.1 Å². The number of ketones is 1. The third-order valence-corrected chi connectivity index (χ3v) is 3.96. The van der Waals surface area contributed by atoms with E-state index < -0.39 is 6.04 Å². The fourth-order valence-corrected chi connectivity index (χ4v) is 2.74. The van der Waals surface area contributed by atoms with Gasteiger partial charge in [-0.05, 0) is 36.0 Å². The first-order chi connectivity index (χ1) is 11.0. The van der Waals surface area contributed by atoms with E-state index in [1.807, 2.05) is 13.8 Å². The van der Waals surface area contributed by atoms with Crippen LogP contribution in [-0.4, -0.2) is 24.3 Å². The summed E-state index contributed by atoms with van der Waals surface area (Å²) in [6.45, 7) is 11.5. The molecule has 0 saturated carbocycles. The van der Waals surface area contributed by atoms with Gasteiger partial charge in [0.25, 0.3) is 0 Å². The Morgan fingerprint density at radius 3 is 2.08 bits per heavy atom. The first-order valence-corrected chi connectivity index (χ1v) is 8.31. The molecule has 4 nitrogen and oxygen atoms in total. The molecular weight excluding hydrogens is 307 g/mol.